The first-order chi connectivity index (χ1) is 6.32. The molecule has 0 aliphatic carbocycles. The van der Waals surface area contributed by atoms with Crippen molar-refractivity contribution in [2.75, 3.05) is 12.7 Å². The van der Waals surface area contributed by atoms with E-state index in [4.69, 9.17) is 5.11 Å². The molecular formula is C9H17NO3Si. The maximum Gasteiger partial charge on any atom is 0.308 e. The van der Waals surface area contributed by atoms with Crippen molar-refractivity contribution in [2.24, 2.45) is 5.92 Å². The molecule has 0 aromatic carbocycles. The van der Waals surface area contributed by atoms with E-state index in [1.165, 1.54) is 6.92 Å². The van der Waals surface area contributed by atoms with Crippen molar-refractivity contribution in [1.29, 1.82) is 0 Å². The summed E-state index contributed by atoms with van der Waals surface area (Å²) in [6.45, 7) is 6.17. The summed E-state index contributed by atoms with van der Waals surface area (Å²) in [6.07, 6.45) is 0.798. The normalized spacial score (nSPS) is 25.9. The lowest BCUT2D eigenvalue weighted by atomic mass is 10.1. The van der Waals surface area contributed by atoms with Crippen molar-refractivity contribution >= 4 is 20.0 Å². The number of hydrogen-bond donors (Lipinski definition) is 1. The highest BCUT2D eigenvalue weighted by Gasteiger charge is 2.38. The van der Waals surface area contributed by atoms with Crippen LogP contribution in [-0.4, -0.2) is 42.7 Å². The minimum atomic E-state index is -1.52. The highest BCUT2D eigenvalue weighted by atomic mass is 28.3. The summed E-state index contributed by atoms with van der Waals surface area (Å²) < 4.78 is 0. The Bertz CT molecular complexity index is 241. The molecule has 1 unspecified atom stereocenters. The second kappa shape index (κ2) is 3.72. The average Bonchev–Trinajstić information content (AvgIpc) is 2.01. The molecule has 4 nitrogen and oxygen atoms in total. The number of rotatable bonds is 1. The van der Waals surface area contributed by atoms with Crippen molar-refractivity contribution in [3.63, 3.8) is 0 Å². The van der Waals surface area contributed by atoms with Crippen LogP contribution in [0.4, 0.5) is 0 Å². The second-order valence-electron chi connectivity index (χ2n) is 4.80. The summed E-state index contributed by atoms with van der Waals surface area (Å²) >= 11 is 0. The molecule has 1 fully saturated rings. The fraction of sp³-hybridized carbons (Fsp3) is 0.778. The predicted molar refractivity (Wildman–Crippen MR) is 55.7 cm³/mol. The molecule has 1 rings (SSSR count). The predicted octanol–water partition coefficient (Wildman–Crippen LogP) is 0.797. The summed E-state index contributed by atoms with van der Waals surface area (Å²) in [5.41, 5.74) is 0. The third kappa shape index (κ3) is 2.57. The van der Waals surface area contributed by atoms with Gasteiger partial charge in [0, 0.05) is 19.6 Å². The van der Waals surface area contributed by atoms with Crippen LogP contribution in [0.25, 0.3) is 0 Å². The highest BCUT2D eigenvalue weighted by molar-refractivity contribution is 6.78. The molecule has 0 spiro atoms. The molecule has 1 atom stereocenters. The molecule has 1 saturated heterocycles. The Morgan fingerprint density at radius 2 is 2.00 bits per heavy atom. The highest BCUT2D eigenvalue weighted by Crippen LogP contribution is 2.25. The molecule has 1 amide bonds. The van der Waals surface area contributed by atoms with Gasteiger partial charge in [-0.1, -0.05) is 13.1 Å². The molecule has 0 aromatic rings. The SMILES string of the molecule is CC(=O)N1CC(C(=O)O)C[Si](C)(C)C1. The van der Waals surface area contributed by atoms with Gasteiger partial charge in [-0.3, -0.25) is 9.59 Å². The molecule has 1 heterocycles. The summed E-state index contributed by atoms with van der Waals surface area (Å²) in [4.78, 5) is 23.8. The zero-order chi connectivity index (χ0) is 10.9. The van der Waals surface area contributed by atoms with E-state index in [-0.39, 0.29) is 11.8 Å². The smallest absolute Gasteiger partial charge is 0.308 e. The number of aliphatic carboxylic acids is 1. The molecule has 0 radical (unpaired) electrons. The van der Waals surface area contributed by atoms with Gasteiger partial charge in [0.05, 0.1) is 14.0 Å². The summed E-state index contributed by atoms with van der Waals surface area (Å²) in [7, 11) is -1.52. The van der Waals surface area contributed by atoms with Crippen LogP contribution in [0.5, 0.6) is 0 Å². The van der Waals surface area contributed by atoms with Crippen LogP contribution >= 0.6 is 0 Å². The summed E-state index contributed by atoms with van der Waals surface area (Å²) in [5.74, 6) is -1.12. The molecular weight excluding hydrogens is 198 g/mol. The van der Waals surface area contributed by atoms with Gasteiger partial charge in [0.25, 0.3) is 0 Å². The first-order valence-electron chi connectivity index (χ1n) is 4.80. The van der Waals surface area contributed by atoms with E-state index in [9.17, 15) is 9.59 Å². The van der Waals surface area contributed by atoms with E-state index in [1.54, 1.807) is 4.90 Å². The van der Waals surface area contributed by atoms with E-state index in [0.29, 0.717) is 6.54 Å². The number of hydrogen-bond acceptors (Lipinski definition) is 2. The number of nitrogens with zero attached hydrogens (tertiary/aromatic N) is 1. The van der Waals surface area contributed by atoms with Gasteiger partial charge in [0.1, 0.15) is 0 Å². The molecule has 1 aliphatic heterocycles. The van der Waals surface area contributed by atoms with Gasteiger partial charge in [0.15, 0.2) is 0 Å². The van der Waals surface area contributed by atoms with Crippen LogP contribution in [0.3, 0.4) is 0 Å². The van der Waals surface area contributed by atoms with Gasteiger partial charge in [-0.25, -0.2) is 0 Å². The minimum absolute atomic E-state index is 0.00322. The standard InChI is InChI=1S/C9H17NO3Si/c1-7(11)10-4-8(9(12)13)5-14(2,3)6-10/h8H,4-6H2,1-3H3,(H,12,13). The van der Waals surface area contributed by atoms with E-state index >= 15 is 0 Å². The molecule has 0 bridgehead atoms. The Labute approximate surface area is 84.9 Å². The Morgan fingerprint density at radius 3 is 2.43 bits per heavy atom. The van der Waals surface area contributed by atoms with Gasteiger partial charge in [-0.05, 0) is 6.04 Å². The Hall–Kier alpha value is -0.843. The quantitative estimate of drug-likeness (QED) is 0.658. The average molecular weight is 215 g/mol. The fourth-order valence-electron chi connectivity index (χ4n) is 2.05. The molecule has 14 heavy (non-hydrogen) atoms. The third-order valence-corrected chi connectivity index (χ3v) is 5.49. The minimum Gasteiger partial charge on any atom is -0.481 e. The van der Waals surface area contributed by atoms with E-state index in [0.717, 1.165) is 12.2 Å². The third-order valence-electron chi connectivity index (χ3n) is 2.65. The van der Waals surface area contributed by atoms with Crippen LogP contribution in [0.1, 0.15) is 6.92 Å². The van der Waals surface area contributed by atoms with Crippen molar-refractivity contribution in [3.05, 3.63) is 0 Å². The van der Waals surface area contributed by atoms with Gasteiger partial charge >= 0.3 is 5.97 Å². The number of carboxylic acid groups (broad SMARTS) is 1. The number of amides is 1. The molecule has 1 aliphatic rings. The lowest BCUT2D eigenvalue weighted by molar-refractivity contribution is -0.143. The first-order valence-corrected chi connectivity index (χ1v) is 8.21. The van der Waals surface area contributed by atoms with E-state index < -0.39 is 14.0 Å². The lowest BCUT2D eigenvalue weighted by Gasteiger charge is -2.39. The zero-order valence-electron chi connectivity index (χ0n) is 8.91. The van der Waals surface area contributed by atoms with Crippen LogP contribution in [0.15, 0.2) is 0 Å². The van der Waals surface area contributed by atoms with Crippen LogP contribution in [0, 0.1) is 5.92 Å². The molecule has 0 saturated carbocycles. The molecule has 0 aromatic heterocycles. The number of carbonyl (C=O) groups is 2. The summed E-state index contributed by atoms with van der Waals surface area (Å²) in [5, 5.41) is 8.95. The van der Waals surface area contributed by atoms with Crippen molar-refractivity contribution < 1.29 is 14.7 Å². The number of carbonyl (C=O) groups excluding carboxylic acids is 1. The lowest BCUT2D eigenvalue weighted by Crippen LogP contribution is -2.54. The topological polar surface area (TPSA) is 57.6 Å². The molecule has 5 heteroatoms. The molecule has 1 N–H and O–H groups in total. The van der Waals surface area contributed by atoms with Gasteiger partial charge in [-0.15, -0.1) is 0 Å². The molecule has 80 valence electrons. The zero-order valence-corrected chi connectivity index (χ0v) is 9.91. The van der Waals surface area contributed by atoms with E-state index in [2.05, 4.69) is 13.1 Å². The Morgan fingerprint density at radius 1 is 1.43 bits per heavy atom. The largest absolute Gasteiger partial charge is 0.481 e. The van der Waals surface area contributed by atoms with Crippen LogP contribution in [0.2, 0.25) is 19.1 Å². The van der Waals surface area contributed by atoms with Crippen molar-refractivity contribution in [2.45, 2.75) is 26.1 Å². The van der Waals surface area contributed by atoms with Crippen LogP contribution in [-0.2, 0) is 9.59 Å². The second-order valence-corrected chi connectivity index (χ2v) is 9.86. The Kier molecular flexibility index (Phi) is 2.99. The maximum absolute atomic E-state index is 11.2. The van der Waals surface area contributed by atoms with Crippen molar-refractivity contribution in [1.82, 2.24) is 4.90 Å². The van der Waals surface area contributed by atoms with Crippen LogP contribution < -0.4 is 0 Å². The monoisotopic (exact) mass is 215 g/mol. The van der Waals surface area contributed by atoms with Crippen molar-refractivity contribution in [3.8, 4) is 0 Å². The van der Waals surface area contributed by atoms with Gasteiger partial charge in [0.2, 0.25) is 5.91 Å². The number of carboxylic acids is 1. The fourth-order valence-corrected chi connectivity index (χ4v) is 5.20. The summed E-state index contributed by atoms with van der Waals surface area (Å²) in [6, 6.07) is 0.784. The Balaban J connectivity index is 2.77. The first kappa shape index (κ1) is 11.2. The van der Waals surface area contributed by atoms with Gasteiger partial charge in [-0.2, -0.15) is 0 Å². The van der Waals surface area contributed by atoms with E-state index in [1.807, 2.05) is 0 Å². The maximum atomic E-state index is 11.2. The van der Waals surface area contributed by atoms with Gasteiger partial charge < -0.3 is 10.0 Å².